The molecule has 1 unspecified atom stereocenters. The molecule has 3 aliphatic rings. The van der Waals surface area contributed by atoms with Gasteiger partial charge in [0.2, 0.25) is 11.8 Å². The van der Waals surface area contributed by atoms with Gasteiger partial charge in [-0.3, -0.25) is 14.4 Å². The van der Waals surface area contributed by atoms with Gasteiger partial charge < -0.3 is 24.8 Å². The summed E-state index contributed by atoms with van der Waals surface area (Å²) in [6, 6.07) is 8.54. The molecule has 3 aliphatic heterocycles. The van der Waals surface area contributed by atoms with Crippen molar-refractivity contribution in [2.24, 2.45) is 11.8 Å². The number of nitrogens with zero attached hydrogens (tertiary/aromatic N) is 1. The predicted molar refractivity (Wildman–Crippen MR) is 109 cm³/mol. The first-order chi connectivity index (χ1) is 14.4. The van der Waals surface area contributed by atoms with E-state index in [-0.39, 0.29) is 36.4 Å². The highest BCUT2D eigenvalue weighted by atomic mass is 79.9. The van der Waals surface area contributed by atoms with Gasteiger partial charge in [-0.15, -0.1) is 0 Å². The maximum Gasteiger partial charge on any atom is 0.312 e. The molecule has 0 radical (unpaired) electrons. The third-order valence-corrected chi connectivity index (χ3v) is 7.09. The van der Waals surface area contributed by atoms with Crippen LogP contribution in [0.2, 0.25) is 0 Å². The van der Waals surface area contributed by atoms with Gasteiger partial charge in [-0.1, -0.05) is 46.3 Å². The number of hydrogen-bond acceptors (Lipinski definition) is 6. The molecular weight excluding hydrogens is 456 g/mol. The van der Waals surface area contributed by atoms with Gasteiger partial charge in [-0.25, -0.2) is 0 Å². The zero-order chi connectivity index (χ0) is 21.5. The number of carbonyl (C=O) groups excluding carboxylic acids is 3. The van der Waals surface area contributed by atoms with Crippen LogP contribution in [0, 0.1) is 11.8 Å². The van der Waals surface area contributed by atoms with Gasteiger partial charge in [0.05, 0.1) is 31.2 Å². The predicted octanol–water partition coefficient (Wildman–Crippen LogP) is 0.606. The molecule has 2 N–H and O–H groups in total. The smallest absolute Gasteiger partial charge is 0.312 e. The summed E-state index contributed by atoms with van der Waals surface area (Å²) in [5, 5.41) is 12.4. The largest absolute Gasteiger partial charge is 0.466 e. The first-order valence-electron chi connectivity index (χ1n) is 10.2. The summed E-state index contributed by atoms with van der Waals surface area (Å²) in [5.74, 6) is -2.75. The number of halogens is 1. The standard InChI is InChI=1S/C21H25BrN2O6/c1-2-29-20(28)14-15-19(27)24(8-9-25)17(21(15)10-13(22)16(14)30-21)18(26)23-11-12-6-4-3-5-7-12/h3-7,13-17,25H,2,8-11H2,1H3,(H,23,26)/t13?,14-,15+,16-,17-,21+/m1/s1. The summed E-state index contributed by atoms with van der Waals surface area (Å²) in [4.78, 5) is 40.5. The summed E-state index contributed by atoms with van der Waals surface area (Å²) >= 11 is 3.57. The van der Waals surface area contributed by atoms with Crippen molar-refractivity contribution in [2.45, 2.75) is 42.5 Å². The lowest BCUT2D eigenvalue weighted by Crippen LogP contribution is -2.56. The number of carbonyl (C=O) groups is 3. The third kappa shape index (κ3) is 3.23. The number of fused-ring (bicyclic) bond motifs is 1. The number of likely N-dealkylation sites (tertiary alicyclic amines) is 1. The number of hydrogen-bond donors (Lipinski definition) is 2. The minimum absolute atomic E-state index is 0.00295. The molecule has 3 heterocycles. The van der Waals surface area contributed by atoms with Crippen LogP contribution in [0.1, 0.15) is 18.9 Å². The van der Waals surface area contributed by atoms with Crippen LogP contribution in [-0.2, 0) is 30.4 Å². The molecule has 4 rings (SSSR count). The number of β-amino-alcohol motifs (C(OH)–C–C–N with tert-alkyl or cyclic N) is 1. The maximum absolute atomic E-state index is 13.3. The molecule has 0 aliphatic carbocycles. The number of ether oxygens (including phenoxy) is 2. The van der Waals surface area contributed by atoms with Gasteiger partial charge in [-0.2, -0.15) is 0 Å². The van der Waals surface area contributed by atoms with Crippen LogP contribution in [0.25, 0.3) is 0 Å². The molecule has 1 aromatic carbocycles. The minimum atomic E-state index is -1.12. The zero-order valence-corrected chi connectivity index (χ0v) is 18.2. The lowest BCUT2D eigenvalue weighted by atomic mass is 9.70. The Morgan fingerprint density at radius 3 is 2.77 bits per heavy atom. The lowest BCUT2D eigenvalue weighted by molar-refractivity contribution is -0.154. The number of rotatable bonds is 7. The molecule has 0 saturated carbocycles. The fraction of sp³-hybridized carbons (Fsp3) is 0.571. The molecule has 6 atom stereocenters. The Hall–Kier alpha value is -1.97. The van der Waals surface area contributed by atoms with Crippen molar-refractivity contribution in [3.63, 3.8) is 0 Å². The summed E-state index contributed by atoms with van der Waals surface area (Å²) in [6.07, 6.45) is -0.103. The van der Waals surface area contributed by atoms with Crippen molar-refractivity contribution < 1.29 is 29.0 Å². The molecule has 3 fully saturated rings. The molecule has 162 valence electrons. The molecule has 2 amide bonds. The van der Waals surface area contributed by atoms with Gasteiger partial charge >= 0.3 is 5.97 Å². The molecule has 30 heavy (non-hydrogen) atoms. The molecule has 0 aromatic heterocycles. The van der Waals surface area contributed by atoms with Crippen molar-refractivity contribution in [2.75, 3.05) is 19.8 Å². The summed E-state index contributed by atoms with van der Waals surface area (Å²) in [5.41, 5.74) is -0.194. The summed E-state index contributed by atoms with van der Waals surface area (Å²) in [6.45, 7) is 1.92. The second-order valence-corrected chi connectivity index (χ2v) is 9.05. The molecular formula is C21H25BrN2O6. The van der Waals surface area contributed by atoms with Crippen LogP contribution < -0.4 is 5.32 Å². The number of amides is 2. The van der Waals surface area contributed by atoms with E-state index in [1.807, 2.05) is 30.3 Å². The van der Waals surface area contributed by atoms with Crippen LogP contribution in [0.5, 0.6) is 0 Å². The maximum atomic E-state index is 13.3. The van der Waals surface area contributed by atoms with E-state index in [2.05, 4.69) is 21.2 Å². The molecule has 1 aromatic rings. The van der Waals surface area contributed by atoms with Crippen molar-refractivity contribution in [1.82, 2.24) is 10.2 Å². The molecule has 8 nitrogen and oxygen atoms in total. The Bertz CT molecular complexity index is 836. The number of aliphatic hydroxyl groups is 1. The van der Waals surface area contributed by atoms with Crippen molar-refractivity contribution in [3.05, 3.63) is 35.9 Å². The van der Waals surface area contributed by atoms with Gasteiger partial charge in [0, 0.05) is 17.9 Å². The molecule has 2 bridgehead atoms. The van der Waals surface area contributed by atoms with E-state index in [1.165, 1.54) is 4.90 Å². The SMILES string of the molecule is CCOC(=O)[C@H]1[C@@H]2O[C@@]3(CC2Br)[C@@H]1C(=O)N(CCO)[C@@H]3C(=O)NCc1ccccc1. The summed E-state index contributed by atoms with van der Waals surface area (Å²) in [7, 11) is 0. The van der Waals surface area contributed by atoms with Crippen molar-refractivity contribution in [1.29, 1.82) is 0 Å². The lowest BCUT2D eigenvalue weighted by Gasteiger charge is -2.33. The Labute approximate surface area is 183 Å². The Morgan fingerprint density at radius 1 is 1.37 bits per heavy atom. The van der Waals surface area contributed by atoms with Crippen LogP contribution >= 0.6 is 15.9 Å². The third-order valence-electron chi connectivity index (χ3n) is 6.25. The van der Waals surface area contributed by atoms with E-state index in [0.29, 0.717) is 13.0 Å². The number of esters is 1. The Balaban J connectivity index is 1.64. The first-order valence-corrected chi connectivity index (χ1v) is 11.1. The highest BCUT2D eigenvalue weighted by Crippen LogP contribution is 2.60. The topological polar surface area (TPSA) is 105 Å². The van der Waals surface area contributed by atoms with Gasteiger partial charge in [0.1, 0.15) is 11.6 Å². The van der Waals surface area contributed by atoms with Crippen molar-refractivity contribution in [3.8, 4) is 0 Å². The van der Waals surface area contributed by atoms with Gasteiger partial charge in [0.15, 0.2) is 0 Å². The van der Waals surface area contributed by atoms with Crippen LogP contribution in [-0.4, -0.2) is 70.1 Å². The average Bonchev–Trinajstić information content (AvgIpc) is 3.31. The number of aliphatic hydroxyl groups excluding tert-OH is 1. The van der Waals surface area contributed by atoms with E-state index >= 15 is 0 Å². The van der Waals surface area contributed by atoms with E-state index in [0.717, 1.165) is 5.56 Å². The fourth-order valence-electron chi connectivity index (χ4n) is 5.17. The van der Waals surface area contributed by atoms with Crippen LogP contribution in [0.3, 0.4) is 0 Å². The van der Waals surface area contributed by atoms with E-state index in [9.17, 15) is 19.5 Å². The first kappa shape index (κ1) is 21.3. The highest BCUT2D eigenvalue weighted by molar-refractivity contribution is 9.09. The monoisotopic (exact) mass is 480 g/mol. The van der Waals surface area contributed by atoms with E-state index in [1.54, 1.807) is 6.92 Å². The Morgan fingerprint density at radius 2 is 2.10 bits per heavy atom. The number of alkyl halides is 1. The number of nitrogens with one attached hydrogen (secondary N) is 1. The average molecular weight is 481 g/mol. The highest BCUT2D eigenvalue weighted by Gasteiger charge is 2.76. The van der Waals surface area contributed by atoms with Crippen LogP contribution in [0.15, 0.2) is 30.3 Å². The molecule has 3 saturated heterocycles. The van der Waals surface area contributed by atoms with E-state index < -0.39 is 35.6 Å². The van der Waals surface area contributed by atoms with E-state index in [4.69, 9.17) is 9.47 Å². The summed E-state index contributed by atoms with van der Waals surface area (Å²) < 4.78 is 11.5. The fourth-order valence-corrected chi connectivity index (χ4v) is 6.11. The molecule has 1 spiro atoms. The second kappa shape index (κ2) is 8.28. The van der Waals surface area contributed by atoms with Gasteiger partial charge in [-0.05, 0) is 18.9 Å². The minimum Gasteiger partial charge on any atom is -0.466 e. The quantitative estimate of drug-likeness (QED) is 0.437. The molecule has 9 heteroatoms. The van der Waals surface area contributed by atoms with Crippen LogP contribution in [0.4, 0.5) is 0 Å². The zero-order valence-electron chi connectivity index (χ0n) is 16.6. The normalized spacial score (nSPS) is 34.2. The van der Waals surface area contributed by atoms with Crippen molar-refractivity contribution >= 4 is 33.7 Å². The Kier molecular flexibility index (Phi) is 5.87. The number of benzene rings is 1. The van der Waals surface area contributed by atoms with Gasteiger partial charge in [0.25, 0.3) is 0 Å². The second-order valence-electron chi connectivity index (χ2n) is 7.87.